The Morgan fingerprint density at radius 1 is 1.14 bits per heavy atom. The van der Waals surface area contributed by atoms with Crippen LogP contribution in [0.25, 0.3) is 11.0 Å². The zero-order chi connectivity index (χ0) is 15.2. The van der Waals surface area contributed by atoms with Gasteiger partial charge in [0.2, 0.25) is 5.91 Å². The van der Waals surface area contributed by atoms with Crippen molar-refractivity contribution in [1.29, 1.82) is 0 Å². The fourth-order valence-corrected chi connectivity index (χ4v) is 2.85. The summed E-state index contributed by atoms with van der Waals surface area (Å²) in [5, 5.41) is 11.9. The van der Waals surface area contributed by atoms with E-state index in [1.807, 2.05) is 0 Å². The van der Waals surface area contributed by atoms with E-state index in [2.05, 4.69) is 15.3 Å². The summed E-state index contributed by atoms with van der Waals surface area (Å²) in [5.74, 6) is -2.33. The maximum absolute atomic E-state index is 12.2. The lowest BCUT2D eigenvalue weighted by molar-refractivity contribution is -0.140. The molecule has 2 N–H and O–H groups in total. The molecule has 108 valence electrons. The molecule has 2 unspecified atom stereocenters. The maximum Gasteiger partial charge on any atom is 0.307 e. The molecule has 3 rings (SSSR count). The number of anilines is 1. The molecule has 6 heteroatoms. The van der Waals surface area contributed by atoms with Crippen LogP contribution in [0, 0.1) is 17.3 Å². The van der Waals surface area contributed by atoms with E-state index in [1.165, 1.54) is 0 Å². The van der Waals surface area contributed by atoms with Gasteiger partial charge in [-0.1, -0.05) is 13.8 Å². The smallest absolute Gasteiger partial charge is 0.307 e. The standard InChI is InChI=1S/C15H15N3O3/c1-15(2)11(12(15)14(20)21)13(19)18-8-3-4-9-10(7-8)17-6-5-16-9/h3-7,11-12H,1-2H3,(H,18,19)(H,20,21). The lowest BCUT2D eigenvalue weighted by Gasteiger charge is -2.06. The van der Waals surface area contributed by atoms with Gasteiger partial charge in [0, 0.05) is 18.1 Å². The molecular weight excluding hydrogens is 270 g/mol. The van der Waals surface area contributed by atoms with Gasteiger partial charge in [-0.2, -0.15) is 0 Å². The molecule has 21 heavy (non-hydrogen) atoms. The number of nitrogens with one attached hydrogen (secondary N) is 1. The molecule has 1 amide bonds. The van der Waals surface area contributed by atoms with E-state index in [1.54, 1.807) is 44.4 Å². The molecule has 0 bridgehead atoms. The molecule has 1 fully saturated rings. The van der Waals surface area contributed by atoms with Crippen molar-refractivity contribution in [1.82, 2.24) is 9.97 Å². The summed E-state index contributed by atoms with van der Waals surface area (Å²) in [6, 6.07) is 5.23. The van der Waals surface area contributed by atoms with E-state index in [4.69, 9.17) is 5.11 Å². The third-order valence-electron chi connectivity index (χ3n) is 4.11. The first-order valence-electron chi connectivity index (χ1n) is 6.65. The van der Waals surface area contributed by atoms with Gasteiger partial charge >= 0.3 is 5.97 Å². The number of carboxylic acids is 1. The van der Waals surface area contributed by atoms with Gasteiger partial charge in [-0.3, -0.25) is 19.6 Å². The summed E-state index contributed by atoms with van der Waals surface area (Å²) in [6.07, 6.45) is 3.18. The molecule has 1 saturated carbocycles. The zero-order valence-electron chi connectivity index (χ0n) is 11.7. The molecule has 1 aliphatic carbocycles. The van der Waals surface area contributed by atoms with Crippen LogP contribution in [0.4, 0.5) is 5.69 Å². The Hall–Kier alpha value is -2.50. The van der Waals surface area contributed by atoms with E-state index >= 15 is 0 Å². The van der Waals surface area contributed by atoms with Crippen molar-refractivity contribution in [2.45, 2.75) is 13.8 Å². The fourth-order valence-electron chi connectivity index (χ4n) is 2.85. The predicted octanol–water partition coefficient (Wildman–Crippen LogP) is 1.93. The highest BCUT2D eigenvalue weighted by Gasteiger charge is 2.65. The Balaban J connectivity index is 1.80. The van der Waals surface area contributed by atoms with E-state index in [0.717, 1.165) is 5.52 Å². The number of hydrogen-bond donors (Lipinski definition) is 2. The zero-order valence-corrected chi connectivity index (χ0v) is 11.7. The lowest BCUT2D eigenvalue weighted by atomic mass is 10.1. The van der Waals surface area contributed by atoms with Crippen LogP contribution < -0.4 is 5.32 Å². The molecule has 1 aromatic heterocycles. The van der Waals surface area contributed by atoms with Gasteiger partial charge in [0.25, 0.3) is 0 Å². The number of carbonyl (C=O) groups excluding carboxylic acids is 1. The molecule has 2 aromatic rings. The number of carbonyl (C=O) groups is 2. The van der Waals surface area contributed by atoms with Gasteiger partial charge in [-0.15, -0.1) is 0 Å². The van der Waals surface area contributed by atoms with Gasteiger partial charge in [-0.25, -0.2) is 0 Å². The number of rotatable bonds is 3. The molecular formula is C15H15N3O3. The van der Waals surface area contributed by atoms with Crippen molar-refractivity contribution in [3.8, 4) is 0 Å². The van der Waals surface area contributed by atoms with Crippen molar-refractivity contribution in [3.05, 3.63) is 30.6 Å². The number of aromatic nitrogens is 2. The van der Waals surface area contributed by atoms with Crippen molar-refractivity contribution >= 4 is 28.6 Å². The average Bonchev–Trinajstić information content (AvgIpc) is 3.02. The highest BCUT2D eigenvalue weighted by Crippen LogP contribution is 2.58. The second-order valence-corrected chi connectivity index (χ2v) is 5.86. The van der Waals surface area contributed by atoms with Gasteiger partial charge in [0.05, 0.1) is 22.9 Å². The minimum atomic E-state index is -0.926. The molecule has 1 aliphatic rings. The Labute approximate surface area is 121 Å². The summed E-state index contributed by atoms with van der Waals surface area (Å²) in [5.41, 5.74) is 1.51. The largest absolute Gasteiger partial charge is 0.481 e. The van der Waals surface area contributed by atoms with Crippen LogP contribution in [0.15, 0.2) is 30.6 Å². The number of nitrogens with zero attached hydrogens (tertiary/aromatic N) is 2. The van der Waals surface area contributed by atoms with Crippen molar-refractivity contribution in [2.24, 2.45) is 17.3 Å². The molecule has 6 nitrogen and oxygen atoms in total. The number of hydrogen-bond acceptors (Lipinski definition) is 4. The minimum Gasteiger partial charge on any atom is -0.481 e. The Bertz CT molecular complexity index is 742. The number of carboxylic acid groups (broad SMARTS) is 1. The van der Waals surface area contributed by atoms with E-state index in [9.17, 15) is 9.59 Å². The van der Waals surface area contributed by atoms with Gasteiger partial charge in [0.15, 0.2) is 0 Å². The van der Waals surface area contributed by atoms with E-state index < -0.39 is 23.2 Å². The Morgan fingerprint density at radius 3 is 2.43 bits per heavy atom. The summed E-state index contributed by atoms with van der Waals surface area (Å²) >= 11 is 0. The van der Waals surface area contributed by atoms with Crippen LogP contribution in [0.5, 0.6) is 0 Å². The topological polar surface area (TPSA) is 92.2 Å². The summed E-state index contributed by atoms with van der Waals surface area (Å²) in [4.78, 5) is 31.7. The van der Waals surface area contributed by atoms with Crippen LogP contribution >= 0.6 is 0 Å². The van der Waals surface area contributed by atoms with Crippen LogP contribution in [0.1, 0.15) is 13.8 Å². The molecule has 0 spiro atoms. The van der Waals surface area contributed by atoms with Crippen molar-refractivity contribution < 1.29 is 14.7 Å². The molecule has 2 atom stereocenters. The van der Waals surface area contributed by atoms with Gasteiger partial charge in [-0.05, 0) is 23.6 Å². The lowest BCUT2D eigenvalue weighted by Crippen LogP contribution is -2.17. The Morgan fingerprint density at radius 2 is 1.81 bits per heavy atom. The van der Waals surface area contributed by atoms with E-state index in [0.29, 0.717) is 11.2 Å². The highest BCUT2D eigenvalue weighted by atomic mass is 16.4. The second kappa shape index (κ2) is 4.51. The van der Waals surface area contributed by atoms with Crippen LogP contribution in [0.3, 0.4) is 0 Å². The number of benzene rings is 1. The third kappa shape index (κ3) is 2.22. The fraction of sp³-hybridized carbons (Fsp3) is 0.333. The van der Waals surface area contributed by atoms with Gasteiger partial charge < -0.3 is 10.4 Å². The summed E-state index contributed by atoms with van der Waals surface area (Å²) < 4.78 is 0. The maximum atomic E-state index is 12.2. The first-order valence-corrected chi connectivity index (χ1v) is 6.65. The van der Waals surface area contributed by atoms with Crippen molar-refractivity contribution in [3.63, 3.8) is 0 Å². The molecule has 0 radical (unpaired) electrons. The highest BCUT2D eigenvalue weighted by molar-refractivity contribution is 6.00. The average molecular weight is 285 g/mol. The number of amides is 1. The summed E-state index contributed by atoms with van der Waals surface area (Å²) in [6.45, 7) is 3.59. The number of aliphatic carboxylic acids is 1. The third-order valence-corrected chi connectivity index (χ3v) is 4.11. The number of fused-ring (bicyclic) bond motifs is 1. The SMILES string of the molecule is CC1(C)C(C(=O)O)C1C(=O)Nc1ccc2nccnc2c1. The normalized spacial score (nSPS) is 22.8. The summed E-state index contributed by atoms with van der Waals surface area (Å²) in [7, 11) is 0. The second-order valence-electron chi connectivity index (χ2n) is 5.86. The Kier molecular flexibility index (Phi) is 2.90. The minimum absolute atomic E-state index is 0.268. The van der Waals surface area contributed by atoms with E-state index in [-0.39, 0.29) is 5.91 Å². The first-order chi connectivity index (χ1) is 9.91. The molecule has 1 heterocycles. The quantitative estimate of drug-likeness (QED) is 0.899. The van der Waals surface area contributed by atoms with Crippen LogP contribution in [-0.4, -0.2) is 27.0 Å². The van der Waals surface area contributed by atoms with Crippen LogP contribution in [0.2, 0.25) is 0 Å². The van der Waals surface area contributed by atoms with Crippen molar-refractivity contribution in [2.75, 3.05) is 5.32 Å². The molecule has 0 saturated heterocycles. The monoisotopic (exact) mass is 285 g/mol. The molecule has 1 aromatic carbocycles. The van der Waals surface area contributed by atoms with Gasteiger partial charge in [0.1, 0.15) is 0 Å². The molecule has 0 aliphatic heterocycles. The van der Waals surface area contributed by atoms with Crippen LogP contribution in [-0.2, 0) is 9.59 Å². The first kappa shape index (κ1) is 13.5. The predicted molar refractivity (Wildman–Crippen MR) is 76.6 cm³/mol.